The minimum Gasteiger partial charge on any atom is -0.508 e. The van der Waals surface area contributed by atoms with Crippen molar-refractivity contribution in [1.82, 2.24) is 9.88 Å². The molecule has 3 aliphatic rings. The maximum absolute atomic E-state index is 13.0. The van der Waals surface area contributed by atoms with Crippen molar-refractivity contribution in [3.05, 3.63) is 47.7 Å². The average molecular weight is 519 g/mol. The average Bonchev–Trinajstić information content (AvgIpc) is 3.24. The number of phenolic OH excluding ortho intramolecular Hbond substituents is 1. The Hall–Kier alpha value is -2.60. The maximum Gasteiger partial charge on any atom is 0.152 e. The van der Waals surface area contributed by atoms with Gasteiger partial charge in [-0.1, -0.05) is 13.0 Å². The van der Waals surface area contributed by atoms with Gasteiger partial charge in [-0.2, -0.15) is 0 Å². The van der Waals surface area contributed by atoms with E-state index in [-0.39, 0.29) is 5.41 Å². The van der Waals surface area contributed by atoms with Gasteiger partial charge in [0.05, 0.1) is 5.69 Å². The molecule has 1 aromatic carbocycles. The first kappa shape index (κ1) is 27.0. The molecule has 1 aliphatic heterocycles. The summed E-state index contributed by atoms with van der Waals surface area (Å²) in [6, 6.07) is 9.80. The molecule has 2 aliphatic carbocycles. The van der Waals surface area contributed by atoms with E-state index >= 15 is 0 Å². The lowest BCUT2D eigenvalue weighted by Crippen LogP contribution is -2.48. The van der Waals surface area contributed by atoms with Crippen molar-refractivity contribution in [2.24, 2.45) is 23.2 Å². The van der Waals surface area contributed by atoms with E-state index in [0.29, 0.717) is 29.3 Å². The number of pyridine rings is 1. The van der Waals surface area contributed by atoms with Crippen molar-refractivity contribution in [3.8, 4) is 5.75 Å². The molecule has 1 saturated heterocycles. The molecule has 0 spiro atoms. The molecule has 0 bridgehead atoms. The number of piperazine rings is 1. The summed E-state index contributed by atoms with van der Waals surface area (Å²) in [7, 11) is 0. The Labute approximate surface area is 228 Å². The summed E-state index contributed by atoms with van der Waals surface area (Å²) in [5.41, 5.74) is 3.73. The van der Waals surface area contributed by atoms with Crippen LogP contribution in [0.1, 0.15) is 63.5 Å². The Morgan fingerprint density at radius 2 is 1.95 bits per heavy atom. The number of phenols is 1. The van der Waals surface area contributed by atoms with E-state index < -0.39 is 0 Å². The highest BCUT2D eigenvalue weighted by atomic mass is 16.3. The van der Waals surface area contributed by atoms with E-state index in [4.69, 9.17) is 0 Å². The minimum atomic E-state index is 0.143. The van der Waals surface area contributed by atoms with Crippen LogP contribution in [-0.4, -0.2) is 60.0 Å². The number of nitrogens with zero attached hydrogens (tertiary/aromatic N) is 3. The molecule has 0 radical (unpaired) electrons. The van der Waals surface area contributed by atoms with Crippen LogP contribution in [0.5, 0.6) is 5.75 Å². The number of benzene rings is 1. The number of Topliss-reactive ketones (excluding diaryl/α,β-unsaturated/α-hetero) is 1. The number of anilines is 2. The van der Waals surface area contributed by atoms with E-state index in [1.165, 1.54) is 30.4 Å². The summed E-state index contributed by atoms with van der Waals surface area (Å²) >= 11 is 0. The van der Waals surface area contributed by atoms with Crippen molar-refractivity contribution >= 4 is 17.3 Å². The van der Waals surface area contributed by atoms with Gasteiger partial charge in [-0.15, -0.1) is 0 Å². The quantitative estimate of drug-likeness (QED) is 0.445. The number of aromatic nitrogens is 1. The Balaban J connectivity index is 1.15. The Morgan fingerprint density at radius 1 is 1.13 bits per heavy atom. The van der Waals surface area contributed by atoms with Crippen LogP contribution in [0, 0.1) is 30.1 Å². The fourth-order valence-electron chi connectivity index (χ4n) is 7.87. The van der Waals surface area contributed by atoms with Gasteiger partial charge in [0.15, 0.2) is 5.82 Å². The Morgan fingerprint density at radius 3 is 2.74 bits per heavy atom. The fourth-order valence-corrected chi connectivity index (χ4v) is 7.87. The molecule has 3 fully saturated rings. The number of nitrogens with one attached hydrogen (secondary N) is 1. The van der Waals surface area contributed by atoms with Gasteiger partial charge in [0, 0.05) is 51.8 Å². The SMILES string of the molecule is CCNc1cccnc1N1CCN(CCC2CCC3C(CCc4cc(O)ccc4C)CC(=O)CC23C)CC1. The molecule has 2 saturated carbocycles. The third-order valence-electron chi connectivity index (χ3n) is 9.98. The third kappa shape index (κ3) is 5.70. The highest BCUT2D eigenvalue weighted by Crippen LogP contribution is 2.58. The second kappa shape index (κ2) is 11.6. The van der Waals surface area contributed by atoms with Gasteiger partial charge in [-0.25, -0.2) is 4.98 Å². The van der Waals surface area contributed by atoms with Crippen LogP contribution < -0.4 is 10.2 Å². The predicted octanol–water partition coefficient (Wildman–Crippen LogP) is 5.68. The van der Waals surface area contributed by atoms with Crippen LogP contribution in [0.4, 0.5) is 11.5 Å². The molecular weight excluding hydrogens is 472 g/mol. The van der Waals surface area contributed by atoms with Gasteiger partial charge in [0.25, 0.3) is 0 Å². The molecule has 6 nitrogen and oxygen atoms in total. The first-order valence-electron chi connectivity index (χ1n) is 14.8. The van der Waals surface area contributed by atoms with Crippen molar-refractivity contribution in [2.75, 3.05) is 49.5 Å². The van der Waals surface area contributed by atoms with Gasteiger partial charge < -0.3 is 15.3 Å². The largest absolute Gasteiger partial charge is 0.508 e. The molecule has 2 heterocycles. The van der Waals surface area contributed by atoms with E-state index in [0.717, 1.165) is 76.5 Å². The summed E-state index contributed by atoms with van der Waals surface area (Å²) in [5.74, 6) is 3.64. The Bertz CT molecular complexity index is 1110. The lowest BCUT2D eigenvalue weighted by atomic mass is 9.59. The molecule has 4 atom stereocenters. The van der Waals surface area contributed by atoms with Crippen molar-refractivity contribution in [2.45, 2.75) is 65.7 Å². The van der Waals surface area contributed by atoms with Gasteiger partial charge in [-0.3, -0.25) is 9.69 Å². The number of carbonyl (C=O) groups excluding carboxylic acids is 1. The minimum absolute atomic E-state index is 0.143. The van der Waals surface area contributed by atoms with Gasteiger partial charge >= 0.3 is 0 Å². The Kier molecular flexibility index (Phi) is 8.27. The van der Waals surface area contributed by atoms with Crippen LogP contribution >= 0.6 is 0 Å². The van der Waals surface area contributed by atoms with Crippen LogP contribution in [0.3, 0.4) is 0 Å². The molecule has 5 rings (SSSR count). The number of rotatable bonds is 9. The lowest BCUT2D eigenvalue weighted by molar-refractivity contribution is -0.129. The zero-order chi connectivity index (χ0) is 26.7. The summed E-state index contributed by atoms with van der Waals surface area (Å²) in [6.45, 7) is 12.9. The molecule has 0 amide bonds. The smallest absolute Gasteiger partial charge is 0.152 e. The molecular formula is C32H46N4O2. The first-order valence-corrected chi connectivity index (χ1v) is 14.8. The number of fused-ring (bicyclic) bond motifs is 1. The normalized spacial score (nSPS) is 27.9. The maximum atomic E-state index is 13.0. The van der Waals surface area contributed by atoms with Crippen molar-refractivity contribution < 1.29 is 9.90 Å². The molecule has 4 unspecified atom stereocenters. The van der Waals surface area contributed by atoms with E-state index in [9.17, 15) is 9.90 Å². The first-order chi connectivity index (χ1) is 18.4. The zero-order valence-corrected chi connectivity index (χ0v) is 23.6. The molecule has 1 aromatic heterocycles. The fraction of sp³-hybridized carbons (Fsp3) is 0.625. The zero-order valence-electron chi connectivity index (χ0n) is 23.6. The molecule has 206 valence electrons. The van der Waals surface area contributed by atoms with Gasteiger partial charge in [0.2, 0.25) is 0 Å². The predicted molar refractivity (Wildman–Crippen MR) is 155 cm³/mol. The number of ketones is 1. The summed E-state index contributed by atoms with van der Waals surface area (Å²) in [5, 5.41) is 13.4. The van der Waals surface area contributed by atoms with Crippen molar-refractivity contribution in [3.63, 3.8) is 0 Å². The van der Waals surface area contributed by atoms with Crippen LogP contribution in [0.15, 0.2) is 36.5 Å². The standard InChI is InChI=1S/C32H46N4O2/c1-4-33-30-6-5-14-34-31(30)36-18-16-35(17-19-36)15-13-26-10-12-29-25(21-28(38)22-32(26,29)3)9-8-24-20-27(37)11-7-23(24)2/h5-7,11,14,20,25-26,29,33,37H,4,8-10,12-13,15-19,21-22H2,1-3H3. The highest BCUT2D eigenvalue weighted by molar-refractivity contribution is 5.80. The summed E-state index contributed by atoms with van der Waals surface area (Å²) in [6.07, 6.45) is 9.13. The number of carbonyl (C=O) groups is 1. The van der Waals surface area contributed by atoms with E-state index in [2.05, 4.69) is 46.9 Å². The molecule has 6 heteroatoms. The van der Waals surface area contributed by atoms with Gasteiger partial charge in [-0.05, 0) is 111 Å². The number of aromatic hydroxyl groups is 1. The van der Waals surface area contributed by atoms with Gasteiger partial charge in [0.1, 0.15) is 11.5 Å². The van der Waals surface area contributed by atoms with Crippen LogP contribution in [0.2, 0.25) is 0 Å². The van der Waals surface area contributed by atoms with Crippen LogP contribution in [-0.2, 0) is 11.2 Å². The van der Waals surface area contributed by atoms with E-state index in [1.807, 2.05) is 24.4 Å². The molecule has 2 aromatic rings. The second-order valence-electron chi connectivity index (χ2n) is 12.2. The third-order valence-corrected chi connectivity index (χ3v) is 9.98. The summed E-state index contributed by atoms with van der Waals surface area (Å²) < 4.78 is 0. The van der Waals surface area contributed by atoms with Crippen LogP contribution in [0.25, 0.3) is 0 Å². The topological polar surface area (TPSA) is 68.7 Å². The summed E-state index contributed by atoms with van der Waals surface area (Å²) in [4.78, 5) is 22.7. The number of hydrogen-bond donors (Lipinski definition) is 2. The molecule has 2 N–H and O–H groups in total. The highest BCUT2D eigenvalue weighted by Gasteiger charge is 2.52. The monoisotopic (exact) mass is 518 g/mol. The van der Waals surface area contributed by atoms with E-state index in [1.54, 1.807) is 6.07 Å². The number of hydrogen-bond acceptors (Lipinski definition) is 6. The van der Waals surface area contributed by atoms with Crippen molar-refractivity contribution in [1.29, 1.82) is 0 Å². The molecule has 38 heavy (non-hydrogen) atoms. The second-order valence-corrected chi connectivity index (χ2v) is 12.2. The number of aryl methyl sites for hydroxylation is 2. The lowest BCUT2D eigenvalue weighted by Gasteiger charge is -2.45.